The van der Waals surface area contributed by atoms with Crippen molar-refractivity contribution in [1.29, 1.82) is 0 Å². The monoisotopic (exact) mass is 307 g/mol. The molecule has 21 heavy (non-hydrogen) atoms. The highest BCUT2D eigenvalue weighted by Crippen LogP contribution is 2.29. The molecule has 2 nitrogen and oxygen atoms in total. The summed E-state index contributed by atoms with van der Waals surface area (Å²) >= 11 is 6.12. The van der Waals surface area contributed by atoms with Gasteiger partial charge in [0, 0.05) is 16.5 Å². The van der Waals surface area contributed by atoms with Crippen LogP contribution in [0.4, 0.5) is 4.39 Å². The minimum Gasteiger partial charge on any atom is -0.494 e. The van der Waals surface area contributed by atoms with Crippen LogP contribution in [0.15, 0.2) is 42.5 Å². The Bertz CT molecular complexity index is 566. The van der Waals surface area contributed by atoms with E-state index in [1.807, 2.05) is 31.2 Å². The van der Waals surface area contributed by atoms with E-state index in [2.05, 4.69) is 0 Å². The average Bonchev–Trinajstić information content (AvgIpc) is 2.48. The van der Waals surface area contributed by atoms with Crippen molar-refractivity contribution in [3.63, 3.8) is 0 Å². The molecule has 2 N–H and O–H groups in total. The summed E-state index contributed by atoms with van der Waals surface area (Å²) in [4.78, 5) is 0. The molecule has 0 fully saturated rings. The van der Waals surface area contributed by atoms with E-state index in [1.165, 1.54) is 6.07 Å². The van der Waals surface area contributed by atoms with Crippen LogP contribution >= 0.6 is 11.6 Å². The van der Waals surface area contributed by atoms with Crippen molar-refractivity contribution in [2.24, 2.45) is 5.73 Å². The van der Waals surface area contributed by atoms with Crippen molar-refractivity contribution in [2.45, 2.75) is 19.3 Å². The third-order valence-electron chi connectivity index (χ3n) is 3.41. The number of halogens is 2. The zero-order chi connectivity index (χ0) is 15.2. The molecule has 0 aliphatic rings. The van der Waals surface area contributed by atoms with Gasteiger partial charge in [0.2, 0.25) is 0 Å². The van der Waals surface area contributed by atoms with Gasteiger partial charge in [0.1, 0.15) is 11.6 Å². The van der Waals surface area contributed by atoms with Crippen LogP contribution in [0, 0.1) is 5.82 Å². The molecule has 0 bridgehead atoms. The van der Waals surface area contributed by atoms with E-state index in [4.69, 9.17) is 22.1 Å². The largest absolute Gasteiger partial charge is 0.494 e. The first kappa shape index (κ1) is 15.8. The van der Waals surface area contributed by atoms with Crippen molar-refractivity contribution in [3.8, 4) is 5.75 Å². The van der Waals surface area contributed by atoms with E-state index in [1.54, 1.807) is 12.1 Å². The Morgan fingerprint density at radius 2 is 1.90 bits per heavy atom. The molecule has 112 valence electrons. The van der Waals surface area contributed by atoms with Crippen molar-refractivity contribution >= 4 is 11.6 Å². The van der Waals surface area contributed by atoms with Gasteiger partial charge in [0.05, 0.1) is 6.61 Å². The van der Waals surface area contributed by atoms with Gasteiger partial charge < -0.3 is 10.5 Å². The molecule has 0 amide bonds. The highest BCUT2D eigenvalue weighted by atomic mass is 35.5. The Hall–Kier alpha value is -1.58. The molecular weight excluding hydrogens is 289 g/mol. The minimum atomic E-state index is -0.302. The first-order valence-corrected chi connectivity index (χ1v) is 7.39. The molecule has 2 aromatic rings. The second kappa shape index (κ2) is 7.43. The Kier molecular flexibility index (Phi) is 5.59. The van der Waals surface area contributed by atoms with E-state index in [-0.39, 0.29) is 11.7 Å². The van der Waals surface area contributed by atoms with Crippen LogP contribution in [0.3, 0.4) is 0 Å². The van der Waals surface area contributed by atoms with Crippen LogP contribution in [-0.2, 0) is 6.42 Å². The Morgan fingerprint density at radius 3 is 2.48 bits per heavy atom. The predicted molar refractivity (Wildman–Crippen MR) is 84.5 cm³/mol. The fourth-order valence-electron chi connectivity index (χ4n) is 2.38. The third-order valence-corrected chi connectivity index (χ3v) is 3.74. The summed E-state index contributed by atoms with van der Waals surface area (Å²) in [6, 6.07) is 12.5. The van der Waals surface area contributed by atoms with Gasteiger partial charge in [-0.15, -0.1) is 0 Å². The summed E-state index contributed by atoms with van der Waals surface area (Å²) in [6.07, 6.45) is 0.642. The van der Waals surface area contributed by atoms with Crippen LogP contribution < -0.4 is 10.5 Å². The van der Waals surface area contributed by atoms with Crippen molar-refractivity contribution in [1.82, 2.24) is 0 Å². The molecule has 0 spiro atoms. The van der Waals surface area contributed by atoms with Crippen molar-refractivity contribution in [3.05, 3.63) is 64.4 Å². The van der Waals surface area contributed by atoms with Crippen molar-refractivity contribution < 1.29 is 9.13 Å². The lowest BCUT2D eigenvalue weighted by Gasteiger charge is -2.18. The molecular formula is C17H19ClFNO. The number of ether oxygens (including phenoxy) is 1. The quantitative estimate of drug-likeness (QED) is 0.869. The molecule has 0 aliphatic heterocycles. The summed E-state index contributed by atoms with van der Waals surface area (Å²) in [6.45, 7) is 2.92. The van der Waals surface area contributed by atoms with E-state index in [0.717, 1.165) is 11.3 Å². The molecule has 0 aliphatic carbocycles. The van der Waals surface area contributed by atoms with E-state index >= 15 is 0 Å². The zero-order valence-electron chi connectivity index (χ0n) is 12.0. The second-order valence-electron chi connectivity index (χ2n) is 4.85. The molecule has 1 unspecified atom stereocenters. The third kappa shape index (κ3) is 3.96. The van der Waals surface area contributed by atoms with Crippen LogP contribution in [0.25, 0.3) is 0 Å². The summed E-state index contributed by atoms with van der Waals surface area (Å²) < 4.78 is 19.4. The van der Waals surface area contributed by atoms with Gasteiger partial charge in [-0.2, -0.15) is 0 Å². The van der Waals surface area contributed by atoms with E-state index in [0.29, 0.717) is 30.2 Å². The summed E-state index contributed by atoms with van der Waals surface area (Å²) in [5, 5.41) is 0.427. The Balaban J connectivity index is 2.19. The van der Waals surface area contributed by atoms with Gasteiger partial charge in [0.15, 0.2) is 0 Å². The van der Waals surface area contributed by atoms with E-state index in [9.17, 15) is 4.39 Å². The highest BCUT2D eigenvalue weighted by molar-refractivity contribution is 6.31. The van der Waals surface area contributed by atoms with Gasteiger partial charge in [-0.05, 0) is 49.7 Å². The van der Waals surface area contributed by atoms with Crippen molar-refractivity contribution in [2.75, 3.05) is 13.2 Å². The first-order valence-electron chi connectivity index (χ1n) is 7.01. The molecule has 0 aromatic heterocycles. The molecule has 0 radical (unpaired) electrons. The lowest BCUT2D eigenvalue weighted by molar-refractivity contribution is 0.340. The fourth-order valence-corrected chi connectivity index (χ4v) is 2.69. The van der Waals surface area contributed by atoms with Crippen LogP contribution in [0.2, 0.25) is 5.02 Å². The van der Waals surface area contributed by atoms with Gasteiger partial charge in [-0.1, -0.05) is 29.8 Å². The number of benzene rings is 2. The van der Waals surface area contributed by atoms with Gasteiger partial charge >= 0.3 is 0 Å². The molecule has 0 saturated carbocycles. The normalized spacial score (nSPS) is 12.2. The Labute approximate surface area is 129 Å². The van der Waals surface area contributed by atoms with Crippen LogP contribution in [0.5, 0.6) is 5.75 Å². The fraction of sp³-hybridized carbons (Fsp3) is 0.294. The van der Waals surface area contributed by atoms with Gasteiger partial charge in [-0.25, -0.2) is 4.39 Å². The van der Waals surface area contributed by atoms with Crippen LogP contribution in [0.1, 0.15) is 24.0 Å². The number of rotatable bonds is 6. The maximum absolute atomic E-state index is 14.0. The average molecular weight is 308 g/mol. The Morgan fingerprint density at radius 1 is 1.19 bits per heavy atom. The molecule has 2 aromatic carbocycles. The molecule has 2 rings (SSSR count). The van der Waals surface area contributed by atoms with Gasteiger partial charge in [-0.3, -0.25) is 0 Å². The lowest BCUT2D eigenvalue weighted by Crippen LogP contribution is -2.17. The lowest BCUT2D eigenvalue weighted by atomic mass is 9.91. The first-order chi connectivity index (χ1) is 10.2. The standard InChI is InChI=1S/C17H19ClFNO/c1-2-21-14-8-6-12(7-9-14)10-13(11-20)17-15(18)4-3-5-16(17)19/h3-9,13H,2,10-11,20H2,1H3. The highest BCUT2D eigenvalue weighted by Gasteiger charge is 2.18. The number of hydrogen-bond donors (Lipinski definition) is 1. The minimum absolute atomic E-state index is 0.142. The summed E-state index contributed by atoms with van der Waals surface area (Å²) in [5.41, 5.74) is 7.39. The van der Waals surface area contributed by atoms with E-state index < -0.39 is 0 Å². The molecule has 0 saturated heterocycles. The number of hydrogen-bond acceptors (Lipinski definition) is 2. The molecule has 4 heteroatoms. The maximum atomic E-state index is 14.0. The summed E-state index contributed by atoms with van der Waals surface area (Å²) in [7, 11) is 0. The predicted octanol–water partition coefficient (Wildman–Crippen LogP) is 4.16. The van der Waals surface area contributed by atoms with Gasteiger partial charge in [0.25, 0.3) is 0 Å². The SMILES string of the molecule is CCOc1ccc(CC(CN)c2c(F)cccc2Cl)cc1. The molecule has 0 heterocycles. The summed E-state index contributed by atoms with van der Waals surface area (Å²) in [5.74, 6) is 0.384. The topological polar surface area (TPSA) is 35.2 Å². The second-order valence-corrected chi connectivity index (χ2v) is 5.26. The molecule has 1 atom stereocenters. The maximum Gasteiger partial charge on any atom is 0.128 e. The van der Waals surface area contributed by atoms with Crippen LogP contribution in [-0.4, -0.2) is 13.2 Å². The zero-order valence-corrected chi connectivity index (χ0v) is 12.7. The number of nitrogens with two attached hydrogens (primary N) is 1. The smallest absolute Gasteiger partial charge is 0.128 e.